The molecule has 1 aromatic carbocycles. The standard InChI is InChI=1S/C13H20N2O2/c1-10(16)7-8-15-13(17)12(9-14)11-5-3-2-4-6-11/h2-6,10,12,16H,7-9,14H2,1H3,(H,15,17). The van der Waals surface area contributed by atoms with Crippen molar-refractivity contribution >= 4 is 5.91 Å². The minimum atomic E-state index is -0.400. The van der Waals surface area contributed by atoms with Crippen molar-refractivity contribution in [3.8, 4) is 0 Å². The second kappa shape index (κ2) is 7.04. The van der Waals surface area contributed by atoms with Crippen LogP contribution in [-0.4, -0.2) is 30.2 Å². The predicted molar refractivity (Wildman–Crippen MR) is 67.5 cm³/mol. The summed E-state index contributed by atoms with van der Waals surface area (Å²) in [6, 6.07) is 9.47. The zero-order valence-corrected chi connectivity index (χ0v) is 10.1. The Morgan fingerprint density at radius 3 is 2.59 bits per heavy atom. The number of benzene rings is 1. The number of aliphatic hydroxyl groups excluding tert-OH is 1. The normalized spacial score (nSPS) is 14.1. The Morgan fingerprint density at radius 2 is 2.06 bits per heavy atom. The average molecular weight is 236 g/mol. The van der Waals surface area contributed by atoms with E-state index in [1.54, 1.807) is 6.92 Å². The second-order valence-electron chi connectivity index (χ2n) is 4.13. The lowest BCUT2D eigenvalue weighted by molar-refractivity contribution is -0.122. The Hall–Kier alpha value is -1.39. The molecule has 4 heteroatoms. The summed E-state index contributed by atoms with van der Waals surface area (Å²) < 4.78 is 0. The molecule has 0 fully saturated rings. The van der Waals surface area contributed by atoms with Gasteiger partial charge >= 0.3 is 0 Å². The molecule has 4 nitrogen and oxygen atoms in total. The molecule has 1 amide bonds. The molecule has 0 spiro atoms. The SMILES string of the molecule is CC(O)CCNC(=O)C(CN)c1ccccc1. The first kappa shape index (κ1) is 13.7. The van der Waals surface area contributed by atoms with Crippen LogP contribution in [0.5, 0.6) is 0 Å². The Labute approximate surface area is 102 Å². The van der Waals surface area contributed by atoms with Crippen LogP contribution < -0.4 is 11.1 Å². The number of aliphatic hydroxyl groups is 1. The first-order valence-corrected chi connectivity index (χ1v) is 5.86. The summed E-state index contributed by atoms with van der Waals surface area (Å²) in [5.74, 6) is -0.399. The third-order valence-electron chi connectivity index (χ3n) is 2.62. The molecule has 17 heavy (non-hydrogen) atoms. The Bertz CT molecular complexity index is 339. The summed E-state index contributed by atoms with van der Waals surface area (Å²) >= 11 is 0. The van der Waals surface area contributed by atoms with Crippen molar-refractivity contribution in [2.45, 2.75) is 25.4 Å². The van der Waals surface area contributed by atoms with Gasteiger partial charge in [-0.05, 0) is 18.9 Å². The Kier molecular flexibility index (Phi) is 5.66. The minimum Gasteiger partial charge on any atom is -0.393 e. The first-order valence-electron chi connectivity index (χ1n) is 5.86. The van der Waals surface area contributed by atoms with E-state index in [4.69, 9.17) is 10.8 Å². The van der Waals surface area contributed by atoms with Crippen molar-refractivity contribution in [3.05, 3.63) is 35.9 Å². The molecular weight excluding hydrogens is 216 g/mol. The van der Waals surface area contributed by atoms with Gasteiger partial charge in [0.25, 0.3) is 0 Å². The van der Waals surface area contributed by atoms with Crippen molar-refractivity contribution in [2.75, 3.05) is 13.1 Å². The quantitative estimate of drug-likeness (QED) is 0.677. The van der Waals surface area contributed by atoms with E-state index in [-0.39, 0.29) is 18.4 Å². The van der Waals surface area contributed by atoms with E-state index in [9.17, 15) is 4.79 Å². The maximum Gasteiger partial charge on any atom is 0.228 e. The second-order valence-corrected chi connectivity index (χ2v) is 4.13. The number of hydrogen-bond donors (Lipinski definition) is 3. The van der Waals surface area contributed by atoms with E-state index < -0.39 is 6.10 Å². The van der Waals surface area contributed by atoms with Crippen LogP contribution >= 0.6 is 0 Å². The molecule has 4 N–H and O–H groups in total. The molecule has 0 bridgehead atoms. The van der Waals surface area contributed by atoms with Crippen molar-refractivity contribution in [3.63, 3.8) is 0 Å². The molecule has 0 aliphatic rings. The maximum atomic E-state index is 11.9. The zero-order chi connectivity index (χ0) is 12.7. The number of nitrogens with two attached hydrogens (primary N) is 1. The highest BCUT2D eigenvalue weighted by Crippen LogP contribution is 2.13. The highest BCUT2D eigenvalue weighted by molar-refractivity contribution is 5.83. The van der Waals surface area contributed by atoms with Crippen molar-refractivity contribution in [1.82, 2.24) is 5.32 Å². The smallest absolute Gasteiger partial charge is 0.228 e. The number of carbonyl (C=O) groups excluding carboxylic acids is 1. The maximum absolute atomic E-state index is 11.9. The van der Waals surface area contributed by atoms with Gasteiger partial charge in [-0.15, -0.1) is 0 Å². The fourth-order valence-corrected chi connectivity index (χ4v) is 1.61. The highest BCUT2D eigenvalue weighted by Gasteiger charge is 2.18. The molecule has 0 heterocycles. The molecule has 0 radical (unpaired) electrons. The van der Waals surface area contributed by atoms with Crippen molar-refractivity contribution < 1.29 is 9.90 Å². The molecule has 0 saturated heterocycles. The summed E-state index contributed by atoms with van der Waals surface area (Å²) in [4.78, 5) is 11.9. The largest absolute Gasteiger partial charge is 0.393 e. The fraction of sp³-hybridized carbons (Fsp3) is 0.462. The molecule has 0 aliphatic heterocycles. The molecule has 0 saturated carbocycles. The lowest BCUT2D eigenvalue weighted by Gasteiger charge is -2.15. The molecule has 1 aromatic rings. The van der Waals surface area contributed by atoms with Gasteiger partial charge in [0, 0.05) is 13.1 Å². The van der Waals surface area contributed by atoms with Crippen LogP contribution in [-0.2, 0) is 4.79 Å². The van der Waals surface area contributed by atoms with Crippen LogP contribution in [0.4, 0.5) is 0 Å². The lowest BCUT2D eigenvalue weighted by atomic mass is 9.98. The average Bonchev–Trinajstić information content (AvgIpc) is 2.31. The van der Waals surface area contributed by atoms with Crippen molar-refractivity contribution in [1.29, 1.82) is 0 Å². The van der Waals surface area contributed by atoms with Gasteiger partial charge < -0.3 is 16.2 Å². The summed E-state index contributed by atoms with van der Waals surface area (Å²) in [5, 5.41) is 11.9. The molecule has 2 atom stereocenters. The number of nitrogens with one attached hydrogen (secondary N) is 1. The van der Waals surface area contributed by atoms with E-state index in [2.05, 4.69) is 5.32 Å². The van der Waals surface area contributed by atoms with Gasteiger partial charge in [-0.2, -0.15) is 0 Å². The number of carbonyl (C=O) groups is 1. The third-order valence-corrected chi connectivity index (χ3v) is 2.62. The molecule has 94 valence electrons. The van der Waals surface area contributed by atoms with Crippen LogP contribution in [0, 0.1) is 0 Å². The van der Waals surface area contributed by atoms with Crippen LogP contribution in [0.3, 0.4) is 0 Å². The van der Waals surface area contributed by atoms with E-state index in [0.717, 1.165) is 5.56 Å². The number of rotatable bonds is 6. The van der Waals surface area contributed by atoms with Crippen LogP contribution in [0.25, 0.3) is 0 Å². The first-order chi connectivity index (χ1) is 8.15. The van der Waals surface area contributed by atoms with Gasteiger partial charge in [0.1, 0.15) is 0 Å². The van der Waals surface area contributed by atoms with Gasteiger partial charge in [0.15, 0.2) is 0 Å². The summed E-state index contributed by atoms with van der Waals surface area (Å²) in [6.45, 7) is 2.45. The lowest BCUT2D eigenvalue weighted by Crippen LogP contribution is -2.34. The Balaban J connectivity index is 2.53. The fourth-order valence-electron chi connectivity index (χ4n) is 1.61. The van der Waals surface area contributed by atoms with Crippen LogP contribution in [0.1, 0.15) is 24.8 Å². The number of amides is 1. The molecule has 0 aromatic heterocycles. The molecule has 1 rings (SSSR count). The van der Waals surface area contributed by atoms with Crippen LogP contribution in [0.15, 0.2) is 30.3 Å². The summed E-state index contributed by atoms with van der Waals surface area (Å²) in [6.07, 6.45) is 0.154. The molecular formula is C13H20N2O2. The summed E-state index contributed by atoms with van der Waals surface area (Å²) in [7, 11) is 0. The van der Waals surface area contributed by atoms with Gasteiger partial charge in [0.2, 0.25) is 5.91 Å². The summed E-state index contributed by atoms with van der Waals surface area (Å²) in [5.41, 5.74) is 6.55. The third kappa shape index (κ3) is 4.54. The van der Waals surface area contributed by atoms with E-state index in [1.165, 1.54) is 0 Å². The van der Waals surface area contributed by atoms with E-state index >= 15 is 0 Å². The predicted octanol–water partition coefficient (Wildman–Crippen LogP) is 0.616. The van der Waals surface area contributed by atoms with Crippen LogP contribution in [0.2, 0.25) is 0 Å². The Morgan fingerprint density at radius 1 is 1.41 bits per heavy atom. The topological polar surface area (TPSA) is 75.3 Å². The molecule has 2 unspecified atom stereocenters. The zero-order valence-electron chi connectivity index (χ0n) is 10.1. The van der Waals surface area contributed by atoms with Gasteiger partial charge in [0.05, 0.1) is 12.0 Å². The van der Waals surface area contributed by atoms with E-state index in [1.807, 2.05) is 30.3 Å². The van der Waals surface area contributed by atoms with Gasteiger partial charge in [-0.1, -0.05) is 30.3 Å². The van der Waals surface area contributed by atoms with E-state index in [0.29, 0.717) is 13.0 Å². The number of hydrogen-bond acceptors (Lipinski definition) is 3. The highest BCUT2D eigenvalue weighted by atomic mass is 16.3. The monoisotopic (exact) mass is 236 g/mol. The minimum absolute atomic E-state index is 0.0839. The van der Waals surface area contributed by atoms with Gasteiger partial charge in [-0.3, -0.25) is 4.79 Å². The molecule has 0 aliphatic carbocycles. The van der Waals surface area contributed by atoms with Crippen molar-refractivity contribution in [2.24, 2.45) is 5.73 Å². The van der Waals surface area contributed by atoms with Gasteiger partial charge in [-0.25, -0.2) is 0 Å².